The van der Waals surface area contributed by atoms with E-state index in [1.807, 2.05) is 0 Å². The predicted octanol–water partition coefficient (Wildman–Crippen LogP) is 7.16. The van der Waals surface area contributed by atoms with Crippen LogP contribution < -0.4 is 0 Å². The van der Waals surface area contributed by atoms with Crippen LogP contribution in [0.2, 0.25) is 0 Å². The Balaban J connectivity index is 1.58. The van der Waals surface area contributed by atoms with Crippen molar-refractivity contribution in [3.63, 3.8) is 0 Å². The van der Waals surface area contributed by atoms with Crippen molar-refractivity contribution < 1.29 is 4.74 Å². The van der Waals surface area contributed by atoms with E-state index in [0.717, 1.165) is 43.3 Å². The summed E-state index contributed by atoms with van der Waals surface area (Å²) < 4.78 is 5.55. The lowest BCUT2D eigenvalue weighted by molar-refractivity contribution is 0.150. The Morgan fingerprint density at radius 1 is 0.792 bits per heavy atom. The fourth-order valence-corrected chi connectivity index (χ4v) is 4.98. The van der Waals surface area contributed by atoms with Gasteiger partial charge in [0.2, 0.25) is 0 Å². The first-order valence-electron chi connectivity index (χ1n) is 11.1. The summed E-state index contributed by atoms with van der Waals surface area (Å²) >= 11 is 0. The third-order valence-electron chi connectivity index (χ3n) is 6.56. The minimum absolute atomic E-state index is 0.815. The van der Waals surface area contributed by atoms with Crippen molar-refractivity contribution >= 4 is 0 Å². The Labute approximate surface area is 151 Å². The molecular formula is C23H42O. The average Bonchev–Trinajstić information content (AvgIpc) is 2.63. The third kappa shape index (κ3) is 7.30. The Bertz CT molecular complexity index is 319. The van der Waals surface area contributed by atoms with Crippen molar-refractivity contribution in [3.05, 3.63) is 12.2 Å². The van der Waals surface area contributed by atoms with Crippen LogP contribution in [-0.2, 0) is 4.74 Å². The molecule has 0 aromatic rings. The summed E-state index contributed by atoms with van der Waals surface area (Å²) in [5.74, 6) is 4.00. The second-order valence-corrected chi connectivity index (χ2v) is 8.45. The van der Waals surface area contributed by atoms with E-state index < -0.39 is 0 Å². The van der Waals surface area contributed by atoms with Crippen LogP contribution in [0.5, 0.6) is 0 Å². The molecule has 0 aromatic carbocycles. The van der Waals surface area contributed by atoms with Gasteiger partial charge in [-0.05, 0) is 68.6 Å². The lowest BCUT2D eigenvalue weighted by atomic mass is 9.68. The van der Waals surface area contributed by atoms with Gasteiger partial charge in [0.1, 0.15) is 0 Å². The molecule has 0 atom stereocenters. The number of allylic oxidation sites excluding steroid dienone is 1. The smallest absolute Gasteiger partial charge is 0.0647 e. The molecule has 0 bridgehead atoms. The van der Waals surface area contributed by atoms with Crippen molar-refractivity contribution in [1.82, 2.24) is 0 Å². The van der Waals surface area contributed by atoms with Gasteiger partial charge in [-0.15, -0.1) is 0 Å². The number of unbranched alkanes of at least 4 members (excludes halogenated alkanes) is 2. The molecule has 0 saturated heterocycles. The van der Waals surface area contributed by atoms with Crippen LogP contribution in [-0.4, -0.2) is 13.2 Å². The molecule has 2 rings (SSSR count). The number of hydrogen-bond donors (Lipinski definition) is 0. The molecule has 2 fully saturated rings. The Morgan fingerprint density at radius 2 is 1.46 bits per heavy atom. The molecule has 2 aliphatic carbocycles. The summed E-state index contributed by atoms with van der Waals surface area (Å²) in [5, 5.41) is 0. The fourth-order valence-electron chi connectivity index (χ4n) is 4.98. The number of rotatable bonds is 10. The molecule has 0 aromatic heterocycles. The quantitative estimate of drug-likeness (QED) is 0.304. The molecule has 24 heavy (non-hydrogen) atoms. The van der Waals surface area contributed by atoms with Gasteiger partial charge in [-0.25, -0.2) is 0 Å². The molecule has 0 aliphatic heterocycles. The SMILES string of the molecule is CCCCCC1CCC(C2CCC(C=CCOCCC)CC2)CC1. The fraction of sp³-hybridized carbons (Fsp3) is 0.913. The van der Waals surface area contributed by atoms with Crippen LogP contribution in [0.4, 0.5) is 0 Å². The van der Waals surface area contributed by atoms with Crippen LogP contribution >= 0.6 is 0 Å². The minimum atomic E-state index is 0.815. The van der Waals surface area contributed by atoms with Gasteiger partial charge in [0, 0.05) is 6.61 Å². The monoisotopic (exact) mass is 334 g/mol. The van der Waals surface area contributed by atoms with Gasteiger partial charge < -0.3 is 4.74 Å². The maximum absolute atomic E-state index is 5.55. The summed E-state index contributed by atoms with van der Waals surface area (Å²) in [6.45, 7) is 6.21. The zero-order chi connectivity index (χ0) is 17.0. The van der Waals surface area contributed by atoms with Gasteiger partial charge in [0.05, 0.1) is 6.61 Å². The third-order valence-corrected chi connectivity index (χ3v) is 6.56. The maximum atomic E-state index is 5.55. The zero-order valence-electron chi connectivity index (χ0n) is 16.5. The first-order chi connectivity index (χ1) is 11.8. The van der Waals surface area contributed by atoms with Crippen LogP contribution in [0.15, 0.2) is 12.2 Å². The van der Waals surface area contributed by atoms with E-state index in [1.165, 1.54) is 77.0 Å². The van der Waals surface area contributed by atoms with E-state index in [9.17, 15) is 0 Å². The molecule has 0 spiro atoms. The van der Waals surface area contributed by atoms with E-state index in [2.05, 4.69) is 26.0 Å². The second kappa shape index (κ2) is 12.1. The van der Waals surface area contributed by atoms with Crippen LogP contribution in [0.1, 0.15) is 97.3 Å². The molecule has 2 saturated carbocycles. The van der Waals surface area contributed by atoms with E-state index >= 15 is 0 Å². The van der Waals surface area contributed by atoms with Crippen molar-refractivity contribution in [1.29, 1.82) is 0 Å². The molecule has 140 valence electrons. The first kappa shape index (κ1) is 20.0. The number of ether oxygens (including phenoxy) is 1. The molecule has 0 N–H and O–H groups in total. The van der Waals surface area contributed by atoms with E-state index in [-0.39, 0.29) is 0 Å². The molecule has 2 aliphatic rings. The Morgan fingerprint density at radius 3 is 2.08 bits per heavy atom. The van der Waals surface area contributed by atoms with Crippen LogP contribution in [0, 0.1) is 23.7 Å². The molecule has 0 radical (unpaired) electrons. The summed E-state index contributed by atoms with van der Waals surface area (Å²) in [6.07, 6.45) is 23.6. The van der Waals surface area contributed by atoms with Crippen molar-refractivity contribution in [3.8, 4) is 0 Å². The maximum Gasteiger partial charge on any atom is 0.0647 e. The van der Waals surface area contributed by atoms with Crippen LogP contribution in [0.3, 0.4) is 0 Å². The molecule has 1 nitrogen and oxygen atoms in total. The van der Waals surface area contributed by atoms with E-state index in [1.54, 1.807) is 0 Å². The minimum Gasteiger partial charge on any atom is -0.377 e. The normalized spacial score (nSPS) is 31.6. The summed E-state index contributed by atoms with van der Waals surface area (Å²) in [7, 11) is 0. The van der Waals surface area contributed by atoms with Gasteiger partial charge in [-0.3, -0.25) is 0 Å². The summed E-state index contributed by atoms with van der Waals surface area (Å²) in [5.41, 5.74) is 0. The van der Waals surface area contributed by atoms with E-state index in [4.69, 9.17) is 4.74 Å². The standard InChI is InChI=1S/C23H42O/c1-3-5-6-8-20-10-14-22(15-11-20)23-16-12-21(13-17-23)9-7-19-24-18-4-2/h7,9,20-23H,3-6,8,10-19H2,1-2H3. The van der Waals surface area contributed by atoms with E-state index in [0.29, 0.717) is 0 Å². The molecule has 0 heterocycles. The number of hydrogen-bond acceptors (Lipinski definition) is 1. The molecular weight excluding hydrogens is 292 g/mol. The van der Waals surface area contributed by atoms with Gasteiger partial charge >= 0.3 is 0 Å². The lowest BCUT2D eigenvalue weighted by Crippen LogP contribution is -2.25. The van der Waals surface area contributed by atoms with Crippen molar-refractivity contribution in [2.24, 2.45) is 23.7 Å². The second-order valence-electron chi connectivity index (χ2n) is 8.45. The largest absolute Gasteiger partial charge is 0.377 e. The first-order valence-corrected chi connectivity index (χ1v) is 11.1. The molecule has 0 unspecified atom stereocenters. The predicted molar refractivity (Wildman–Crippen MR) is 105 cm³/mol. The highest BCUT2D eigenvalue weighted by molar-refractivity contribution is 4.92. The zero-order valence-corrected chi connectivity index (χ0v) is 16.5. The van der Waals surface area contributed by atoms with Gasteiger partial charge in [0.25, 0.3) is 0 Å². The highest BCUT2D eigenvalue weighted by Crippen LogP contribution is 2.42. The van der Waals surface area contributed by atoms with Gasteiger partial charge in [0.15, 0.2) is 0 Å². The van der Waals surface area contributed by atoms with Crippen molar-refractivity contribution in [2.45, 2.75) is 97.3 Å². The topological polar surface area (TPSA) is 9.23 Å². The van der Waals surface area contributed by atoms with Crippen molar-refractivity contribution in [2.75, 3.05) is 13.2 Å². The Hall–Kier alpha value is -0.300. The van der Waals surface area contributed by atoms with Crippen LogP contribution in [0.25, 0.3) is 0 Å². The lowest BCUT2D eigenvalue weighted by Gasteiger charge is -2.37. The van der Waals surface area contributed by atoms with Gasteiger partial charge in [-0.2, -0.15) is 0 Å². The molecule has 0 amide bonds. The summed E-state index contributed by atoms with van der Waals surface area (Å²) in [6, 6.07) is 0. The molecule has 1 heteroatoms. The highest BCUT2D eigenvalue weighted by atomic mass is 16.5. The highest BCUT2D eigenvalue weighted by Gasteiger charge is 2.30. The van der Waals surface area contributed by atoms with Gasteiger partial charge in [-0.1, -0.05) is 64.5 Å². The summed E-state index contributed by atoms with van der Waals surface area (Å²) in [4.78, 5) is 0. The Kier molecular flexibility index (Phi) is 10.1. The average molecular weight is 335 g/mol.